The zero-order valence-corrected chi connectivity index (χ0v) is 13.4. The Bertz CT molecular complexity index is 422. The quantitative estimate of drug-likeness (QED) is 0.877. The lowest BCUT2D eigenvalue weighted by molar-refractivity contribution is 0.184. The van der Waals surface area contributed by atoms with E-state index in [1.807, 2.05) is 12.1 Å². The average Bonchev–Trinajstić information content (AvgIpc) is 2.68. The molecular weight excluding hydrogens is 270 g/mol. The van der Waals surface area contributed by atoms with E-state index >= 15 is 0 Å². The SMILES string of the molecule is CCNc1ccc(Cl)c(CN2CCCCCC2CC)n1. The van der Waals surface area contributed by atoms with Crippen LogP contribution in [-0.4, -0.2) is 29.0 Å². The Hall–Kier alpha value is -0.800. The van der Waals surface area contributed by atoms with Crippen molar-refractivity contribution in [2.45, 2.75) is 58.5 Å². The minimum absolute atomic E-state index is 0.679. The van der Waals surface area contributed by atoms with E-state index in [1.165, 1.54) is 38.6 Å². The molecule has 0 spiro atoms. The largest absolute Gasteiger partial charge is 0.370 e. The topological polar surface area (TPSA) is 28.2 Å². The molecule has 1 saturated heterocycles. The van der Waals surface area contributed by atoms with E-state index in [0.717, 1.165) is 29.6 Å². The molecule has 0 amide bonds. The van der Waals surface area contributed by atoms with Crippen LogP contribution in [0.5, 0.6) is 0 Å². The molecule has 1 fully saturated rings. The molecule has 0 aromatic carbocycles. The van der Waals surface area contributed by atoms with E-state index in [1.54, 1.807) is 0 Å². The number of nitrogens with one attached hydrogen (secondary N) is 1. The second kappa shape index (κ2) is 7.84. The minimum Gasteiger partial charge on any atom is -0.370 e. The number of pyridine rings is 1. The molecule has 0 aliphatic carbocycles. The Morgan fingerprint density at radius 1 is 1.30 bits per heavy atom. The first-order valence-electron chi connectivity index (χ1n) is 7.88. The second-order valence-corrected chi connectivity index (χ2v) is 5.94. The van der Waals surface area contributed by atoms with Gasteiger partial charge < -0.3 is 5.32 Å². The number of nitrogens with zero attached hydrogens (tertiary/aromatic N) is 2. The van der Waals surface area contributed by atoms with Crippen molar-refractivity contribution in [2.24, 2.45) is 0 Å². The van der Waals surface area contributed by atoms with Gasteiger partial charge >= 0.3 is 0 Å². The molecule has 2 heterocycles. The summed E-state index contributed by atoms with van der Waals surface area (Å²) in [5.41, 5.74) is 1.01. The normalized spacial score (nSPS) is 20.6. The van der Waals surface area contributed by atoms with Gasteiger partial charge in [0.2, 0.25) is 0 Å². The third-order valence-corrected chi connectivity index (χ3v) is 4.44. The summed E-state index contributed by atoms with van der Waals surface area (Å²) in [6.45, 7) is 7.29. The van der Waals surface area contributed by atoms with Crippen molar-refractivity contribution in [2.75, 3.05) is 18.4 Å². The predicted molar refractivity (Wildman–Crippen MR) is 86.4 cm³/mol. The zero-order valence-electron chi connectivity index (χ0n) is 12.7. The minimum atomic E-state index is 0.679. The molecule has 20 heavy (non-hydrogen) atoms. The molecule has 1 aromatic heterocycles. The standard InChI is InChI=1S/C16H26ClN3/c1-3-13-8-6-5-7-11-20(13)12-15-14(17)9-10-16(19-15)18-4-2/h9-10,13H,3-8,11-12H2,1-2H3,(H,18,19). The fraction of sp³-hybridized carbons (Fsp3) is 0.688. The molecule has 2 rings (SSSR count). The van der Waals surface area contributed by atoms with Gasteiger partial charge in [-0.05, 0) is 44.9 Å². The molecule has 1 aromatic rings. The summed E-state index contributed by atoms with van der Waals surface area (Å²) < 4.78 is 0. The molecule has 1 unspecified atom stereocenters. The fourth-order valence-corrected chi connectivity index (χ4v) is 3.14. The summed E-state index contributed by atoms with van der Waals surface area (Å²) in [6, 6.07) is 4.59. The lowest BCUT2D eigenvalue weighted by atomic mass is 10.1. The zero-order chi connectivity index (χ0) is 14.4. The number of aromatic nitrogens is 1. The Kier molecular flexibility index (Phi) is 6.11. The third-order valence-electron chi connectivity index (χ3n) is 4.10. The van der Waals surface area contributed by atoms with Gasteiger partial charge in [0.25, 0.3) is 0 Å². The van der Waals surface area contributed by atoms with Gasteiger partial charge in [-0.15, -0.1) is 0 Å². The van der Waals surface area contributed by atoms with Crippen molar-refractivity contribution >= 4 is 17.4 Å². The van der Waals surface area contributed by atoms with E-state index < -0.39 is 0 Å². The van der Waals surface area contributed by atoms with Gasteiger partial charge in [-0.3, -0.25) is 4.90 Å². The molecule has 0 saturated carbocycles. The van der Waals surface area contributed by atoms with Gasteiger partial charge in [0.1, 0.15) is 5.82 Å². The maximum atomic E-state index is 6.33. The lowest BCUT2D eigenvalue weighted by Crippen LogP contribution is -2.34. The first-order valence-corrected chi connectivity index (χ1v) is 8.25. The van der Waals surface area contributed by atoms with Gasteiger partial charge in [0, 0.05) is 19.1 Å². The van der Waals surface area contributed by atoms with E-state index in [0.29, 0.717) is 6.04 Å². The first-order chi connectivity index (χ1) is 9.74. The maximum absolute atomic E-state index is 6.33. The summed E-state index contributed by atoms with van der Waals surface area (Å²) in [4.78, 5) is 7.24. The molecular formula is C16H26ClN3. The van der Waals surface area contributed by atoms with Crippen LogP contribution < -0.4 is 5.32 Å². The first kappa shape index (κ1) is 15.6. The lowest BCUT2D eigenvalue weighted by Gasteiger charge is -2.29. The Labute approximate surface area is 127 Å². The van der Waals surface area contributed by atoms with Crippen molar-refractivity contribution in [3.8, 4) is 0 Å². The summed E-state index contributed by atoms with van der Waals surface area (Å²) >= 11 is 6.33. The van der Waals surface area contributed by atoms with Crippen molar-refractivity contribution in [3.63, 3.8) is 0 Å². The Balaban J connectivity index is 2.12. The van der Waals surface area contributed by atoms with Crippen LogP contribution in [0.2, 0.25) is 5.02 Å². The molecule has 1 aliphatic rings. The summed E-state index contributed by atoms with van der Waals surface area (Å²) in [6.07, 6.45) is 6.52. The van der Waals surface area contributed by atoms with Crippen LogP contribution >= 0.6 is 11.6 Å². The number of halogens is 1. The summed E-state index contributed by atoms with van der Waals surface area (Å²) in [5.74, 6) is 0.926. The highest BCUT2D eigenvalue weighted by molar-refractivity contribution is 6.31. The Morgan fingerprint density at radius 2 is 2.15 bits per heavy atom. The molecule has 4 heteroatoms. The van der Waals surface area contributed by atoms with Gasteiger partial charge in [-0.1, -0.05) is 31.4 Å². The summed E-state index contributed by atoms with van der Waals surface area (Å²) in [5, 5.41) is 4.04. The molecule has 0 radical (unpaired) electrons. The van der Waals surface area contributed by atoms with Gasteiger partial charge in [0.05, 0.1) is 10.7 Å². The maximum Gasteiger partial charge on any atom is 0.126 e. The monoisotopic (exact) mass is 295 g/mol. The van der Waals surface area contributed by atoms with Crippen molar-refractivity contribution in [1.29, 1.82) is 0 Å². The molecule has 112 valence electrons. The van der Waals surface area contributed by atoms with E-state index in [2.05, 4.69) is 29.0 Å². The third kappa shape index (κ3) is 4.10. The number of hydrogen-bond acceptors (Lipinski definition) is 3. The van der Waals surface area contributed by atoms with Crippen molar-refractivity contribution in [3.05, 3.63) is 22.8 Å². The van der Waals surface area contributed by atoms with E-state index in [4.69, 9.17) is 11.6 Å². The number of rotatable bonds is 5. The highest BCUT2D eigenvalue weighted by Gasteiger charge is 2.20. The van der Waals surface area contributed by atoms with Gasteiger partial charge in [0.15, 0.2) is 0 Å². The second-order valence-electron chi connectivity index (χ2n) is 5.54. The van der Waals surface area contributed by atoms with E-state index in [9.17, 15) is 0 Å². The fourth-order valence-electron chi connectivity index (χ4n) is 2.97. The smallest absolute Gasteiger partial charge is 0.126 e. The van der Waals surface area contributed by atoms with Gasteiger partial charge in [-0.2, -0.15) is 0 Å². The van der Waals surface area contributed by atoms with Crippen LogP contribution in [0.1, 0.15) is 51.6 Å². The molecule has 1 aliphatic heterocycles. The molecule has 1 atom stereocenters. The van der Waals surface area contributed by atoms with Crippen molar-refractivity contribution in [1.82, 2.24) is 9.88 Å². The van der Waals surface area contributed by atoms with Crippen LogP contribution in [0.15, 0.2) is 12.1 Å². The van der Waals surface area contributed by atoms with Crippen LogP contribution in [0.3, 0.4) is 0 Å². The Morgan fingerprint density at radius 3 is 2.90 bits per heavy atom. The van der Waals surface area contributed by atoms with E-state index in [-0.39, 0.29) is 0 Å². The highest BCUT2D eigenvalue weighted by atomic mass is 35.5. The number of anilines is 1. The van der Waals surface area contributed by atoms with Crippen LogP contribution in [-0.2, 0) is 6.54 Å². The predicted octanol–water partition coefficient (Wildman–Crippen LogP) is 4.32. The van der Waals surface area contributed by atoms with Crippen LogP contribution in [0, 0.1) is 0 Å². The van der Waals surface area contributed by atoms with Crippen LogP contribution in [0.25, 0.3) is 0 Å². The number of likely N-dealkylation sites (tertiary alicyclic amines) is 1. The molecule has 3 nitrogen and oxygen atoms in total. The molecule has 1 N–H and O–H groups in total. The van der Waals surface area contributed by atoms with Crippen LogP contribution in [0.4, 0.5) is 5.82 Å². The number of hydrogen-bond donors (Lipinski definition) is 1. The average molecular weight is 296 g/mol. The summed E-state index contributed by atoms with van der Waals surface area (Å²) in [7, 11) is 0. The highest BCUT2D eigenvalue weighted by Crippen LogP contribution is 2.24. The molecule has 0 bridgehead atoms. The van der Waals surface area contributed by atoms with Gasteiger partial charge in [-0.25, -0.2) is 4.98 Å². The van der Waals surface area contributed by atoms with Crippen molar-refractivity contribution < 1.29 is 0 Å².